The van der Waals surface area contributed by atoms with Gasteiger partial charge in [-0.1, -0.05) is 6.92 Å². The first-order valence-corrected chi connectivity index (χ1v) is 5.46. The Kier molecular flexibility index (Phi) is 1.56. The molecule has 0 radical (unpaired) electrons. The molecule has 0 aromatic carbocycles. The third-order valence-corrected chi connectivity index (χ3v) is 4.02. The van der Waals surface area contributed by atoms with Crippen molar-refractivity contribution >= 4 is 11.8 Å². The first-order chi connectivity index (χ1) is 6.75. The van der Waals surface area contributed by atoms with E-state index in [1.165, 1.54) is 0 Å². The Labute approximate surface area is 82.8 Å². The lowest BCUT2D eigenvalue weighted by atomic mass is 9.98. The number of ether oxygens (including phenoxy) is 1. The SMILES string of the molecule is CCCOC(=O)[C@@H]1C2CC3C(C2=O)C31. The molecule has 4 aliphatic rings. The van der Waals surface area contributed by atoms with Gasteiger partial charge in [-0.15, -0.1) is 0 Å². The number of hydrogen-bond acceptors (Lipinski definition) is 3. The lowest BCUT2D eigenvalue weighted by Crippen LogP contribution is -2.23. The number of rotatable bonds is 3. The summed E-state index contributed by atoms with van der Waals surface area (Å²) < 4.78 is 5.13. The number of carbonyl (C=O) groups is 2. The molecular weight excluding hydrogens is 180 g/mol. The van der Waals surface area contributed by atoms with Gasteiger partial charge in [0.15, 0.2) is 0 Å². The summed E-state index contributed by atoms with van der Waals surface area (Å²) in [5.74, 6) is 1.36. The van der Waals surface area contributed by atoms with Crippen molar-refractivity contribution in [2.24, 2.45) is 29.6 Å². The van der Waals surface area contributed by atoms with Crippen molar-refractivity contribution in [3.8, 4) is 0 Å². The van der Waals surface area contributed by atoms with E-state index in [0.717, 1.165) is 12.8 Å². The van der Waals surface area contributed by atoms with Crippen LogP contribution in [0.3, 0.4) is 0 Å². The molecule has 14 heavy (non-hydrogen) atoms. The van der Waals surface area contributed by atoms with Crippen LogP contribution in [0.1, 0.15) is 19.8 Å². The highest BCUT2D eigenvalue weighted by Gasteiger charge is 2.75. The lowest BCUT2D eigenvalue weighted by molar-refractivity contribution is -0.150. The summed E-state index contributed by atoms with van der Waals surface area (Å²) in [5.41, 5.74) is 0. The predicted octanol–water partition coefficient (Wildman–Crippen LogP) is 1.02. The zero-order valence-electron chi connectivity index (χ0n) is 8.23. The fraction of sp³-hybridized carbons (Fsp3) is 0.818. The molecule has 4 bridgehead atoms. The molecule has 4 unspecified atom stereocenters. The van der Waals surface area contributed by atoms with Crippen LogP contribution in [0.15, 0.2) is 0 Å². The van der Waals surface area contributed by atoms with E-state index in [0.29, 0.717) is 24.2 Å². The van der Waals surface area contributed by atoms with Crippen LogP contribution in [-0.2, 0) is 14.3 Å². The summed E-state index contributed by atoms with van der Waals surface area (Å²) in [7, 11) is 0. The Morgan fingerprint density at radius 1 is 1.57 bits per heavy atom. The van der Waals surface area contributed by atoms with Crippen LogP contribution >= 0.6 is 0 Å². The van der Waals surface area contributed by atoms with E-state index >= 15 is 0 Å². The van der Waals surface area contributed by atoms with Crippen molar-refractivity contribution in [1.82, 2.24) is 0 Å². The monoisotopic (exact) mass is 194 g/mol. The van der Waals surface area contributed by atoms with Crippen molar-refractivity contribution in [3.05, 3.63) is 0 Å². The second-order valence-corrected chi connectivity index (χ2v) is 4.70. The van der Waals surface area contributed by atoms with Crippen molar-refractivity contribution in [2.45, 2.75) is 19.8 Å². The van der Waals surface area contributed by atoms with Crippen molar-refractivity contribution in [1.29, 1.82) is 0 Å². The highest BCUT2D eigenvalue weighted by molar-refractivity contribution is 5.98. The lowest BCUT2D eigenvalue weighted by Gasteiger charge is -2.12. The number of esters is 1. The maximum atomic E-state index is 11.6. The van der Waals surface area contributed by atoms with E-state index < -0.39 is 0 Å². The maximum Gasteiger partial charge on any atom is 0.309 e. The Bertz CT molecular complexity index is 310. The summed E-state index contributed by atoms with van der Waals surface area (Å²) in [6.45, 7) is 2.48. The fourth-order valence-electron chi connectivity index (χ4n) is 3.46. The molecule has 0 aromatic heterocycles. The Morgan fingerprint density at radius 3 is 2.79 bits per heavy atom. The van der Waals surface area contributed by atoms with Gasteiger partial charge in [-0.25, -0.2) is 0 Å². The minimum atomic E-state index is -0.113. The zero-order valence-corrected chi connectivity index (χ0v) is 8.23. The van der Waals surface area contributed by atoms with Crippen molar-refractivity contribution in [2.75, 3.05) is 6.61 Å². The molecule has 0 spiro atoms. The van der Waals surface area contributed by atoms with Crippen LogP contribution in [-0.4, -0.2) is 18.4 Å². The molecule has 0 saturated heterocycles. The van der Waals surface area contributed by atoms with Crippen LogP contribution in [0.4, 0.5) is 0 Å². The van der Waals surface area contributed by atoms with Crippen molar-refractivity contribution < 1.29 is 14.3 Å². The summed E-state index contributed by atoms with van der Waals surface area (Å²) in [6.07, 6.45) is 1.81. The topological polar surface area (TPSA) is 43.4 Å². The molecule has 4 rings (SSSR count). The largest absolute Gasteiger partial charge is 0.465 e. The highest BCUT2D eigenvalue weighted by Crippen LogP contribution is 2.71. The normalized spacial score (nSPS) is 46.9. The quantitative estimate of drug-likeness (QED) is 0.630. The summed E-state index contributed by atoms with van der Waals surface area (Å²) in [5, 5.41) is 0. The first kappa shape index (κ1) is 8.45. The summed E-state index contributed by atoms with van der Waals surface area (Å²) in [4.78, 5) is 23.2. The van der Waals surface area contributed by atoms with Gasteiger partial charge in [0.2, 0.25) is 0 Å². The van der Waals surface area contributed by atoms with Crippen LogP contribution in [0, 0.1) is 29.6 Å². The number of Topliss-reactive ketones (excluding diaryl/α,β-unsaturated/α-hetero) is 1. The molecule has 5 atom stereocenters. The average Bonchev–Trinajstić information content (AvgIpc) is 2.51. The molecule has 0 amide bonds. The highest BCUT2D eigenvalue weighted by atomic mass is 16.5. The third-order valence-electron chi connectivity index (χ3n) is 4.02. The van der Waals surface area contributed by atoms with E-state index in [1.807, 2.05) is 6.92 Å². The molecular formula is C11H14O3. The van der Waals surface area contributed by atoms with Gasteiger partial charge >= 0.3 is 5.97 Å². The first-order valence-electron chi connectivity index (χ1n) is 5.46. The van der Waals surface area contributed by atoms with Gasteiger partial charge in [-0.2, -0.15) is 0 Å². The molecule has 0 aliphatic heterocycles. The predicted molar refractivity (Wildman–Crippen MR) is 48.3 cm³/mol. The minimum Gasteiger partial charge on any atom is -0.465 e. The molecule has 3 heteroatoms. The average molecular weight is 194 g/mol. The Balaban J connectivity index is 1.71. The summed E-state index contributed by atoms with van der Waals surface area (Å²) >= 11 is 0. The Morgan fingerprint density at radius 2 is 2.36 bits per heavy atom. The van der Waals surface area contributed by atoms with E-state index in [4.69, 9.17) is 4.74 Å². The standard InChI is InChI=1S/C11H14O3/c1-2-3-14-11(13)9-6-4-5-7(9)8(5)10(6)12/h5-9H,2-4H2,1H3/t5?,6?,7?,8?,9-/m1/s1. The molecule has 4 aliphatic carbocycles. The fourth-order valence-corrected chi connectivity index (χ4v) is 3.46. The van der Waals surface area contributed by atoms with Crippen LogP contribution in [0.5, 0.6) is 0 Å². The second-order valence-electron chi connectivity index (χ2n) is 4.70. The van der Waals surface area contributed by atoms with Gasteiger partial charge in [-0.3, -0.25) is 9.59 Å². The van der Waals surface area contributed by atoms with E-state index in [-0.39, 0.29) is 23.7 Å². The van der Waals surface area contributed by atoms with Gasteiger partial charge in [-0.05, 0) is 24.7 Å². The molecule has 4 fully saturated rings. The molecule has 0 heterocycles. The van der Waals surface area contributed by atoms with E-state index in [1.54, 1.807) is 0 Å². The molecule has 76 valence electrons. The molecule has 4 saturated carbocycles. The van der Waals surface area contributed by atoms with Gasteiger partial charge in [0.25, 0.3) is 0 Å². The van der Waals surface area contributed by atoms with Gasteiger partial charge in [0.1, 0.15) is 5.78 Å². The molecule has 0 aromatic rings. The maximum absolute atomic E-state index is 11.6. The van der Waals surface area contributed by atoms with Crippen molar-refractivity contribution in [3.63, 3.8) is 0 Å². The Hall–Kier alpha value is -0.860. The molecule has 3 nitrogen and oxygen atoms in total. The molecule has 0 N–H and O–H groups in total. The smallest absolute Gasteiger partial charge is 0.309 e. The van der Waals surface area contributed by atoms with Gasteiger partial charge in [0, 0.05) is 11.8 Å². The van der Waals surface area contributed by atoms with Crippen LogP contribution < -0.4 is 0 Å². The minimum absolute atomic E-state index is 0.0272. The van der Waals surface area contributed by atoms with Gasteiger partial charge in [0.05, 0.1) is 12.5 Å². The third kappa shape index (κ3) is 0.830. The van der Waals surface area contributed by atoms with Gasteiger partial charge < -0.3 is 4.74 Å². The number of ketones is 1. The number of hydrogen-bond donors (Lipinski definition) is 0. The second kappa shape index (κ2) is 2.59. The van der Waals surface area contributed by atoms with Crippen LogP contribution in [0.2, 0.25) is 0 Å². The summed E-state index contributed by atoms with van der Waals surface area (Å²) in [6, 6.07) is 0. The van der Waals surface area contributed by atoms with E-state index in [9.17, 15) is 9.59 Å². The number of carbonyl (C=O) groups excluding carboxylic acids is 2. The van der Waals surface area contributed by atoms with Crippen LogP contribution in [0.25, 0.3) is 0 Å². The zero-order chi connectivity index (χ0) is 9.87. The van der Waals surface area contributed by atoms with E-state index in [2.05, 4.69) is 0 Å².